The van der Waals surface area contributed by atoms with Crippen LogP contribution in [0.4, 0.5) is 17.1 Å². The van der Waals surface area contributed by atoms with Crippen LogP contribution in [0.25, 0.3) is 0 Å². The van der Waals surface area contributed by atoms with Crippen LogP contribution in [0.2, 0.25) is 10.0 Å². The number of nitrogens with one attached hydrogen (secondary N) is 2. The zero-order valence-corrected chi connectivity index (χ0v) is 19.1. The molecule has 0 spiro atoms. The Hall–Kier alpha value is -2.61. The number of benzene rings is 2. The van der Waals surface area contributed by atoms with Crippen molar-refractivity contribution in [1.82, 2.24) is 4.90 Å². The first-order valence-corrected chi connectivity index (χ1v) is 11.3. The summed E-state index contributed by atoms with van der Waals surface area (Å²) in [5.41, 5.74) is 1.80. The van der Waals surface area contributed by atoms with Gasteiger partial charge in [-0.2, -0.15) is 0 Å². The SMILES string of the molecule is CC1CC(=O)Nc2ccccc2N1C(=O)CN1CCCC1C(=O)Nc1cc(Cl)cc(Cl)c1. The number of carbonyl (C=O) groups excluding carboxylic acids is 3. The van der Waals surface area contributed by atoms with Crippen LogP contribution in [-0.2, 0) is 14.4 Å². The number of carbonyl (C=O) groups is 3. The molecular formula is C23H24Cl2N4O3. The standard InChI is InChI=1S/C23H24Cl2N4O3/c1-14-9-21(30)27-18-5-2-3-6-19(18)29(14)22(31)13-28-8-4-7-20(28)23(32)26-17-11-15(24)10-16(25)12-17/h2-3,5-6,10-12,14,20H,4,7-9,13H2,1H3,(H,26,32)(H,27,30). The van der Waals surface area contributed by atoms with Gasteiger partial charge in [0, 0.05) is 28.2 Å². The van der Waals surface area contributed by atoms with E-state index in [2.05, 4.69) is 10.6 Å². The fourth-order valence-corrected chi connectivity index (χ4v) is 4.91. The average Bonchev–Trinajstić information content (AvgIpc) is 3.11. The molecule has 168 valence electrons. The Morgan fingerprint density at radius 3 is 2.62 bits per heavy atom. The van der Waals surface area contributed by atoms with Gasteiger partial charge in [0.1, 0.15) is 0 Å². The highest BCUT2D eigenvalue weighted by Gasteiger charge is 2.35. The van der Waals surface area contributed by atoms with Gasteiger partial charge in [0.25, 0.3) is 0 Å². The molecule has 2 aromatic carbocycles. The van der Waals surface area contributed by atoms with Crippen LogP contribution < -0.4 is 15.5 Å². The van der Waals surface area contributed by atoms with Crippen LogP contribution in [0.3, 0.4) is 0 Å². The molecule has 2 aliphatic rings. The summed E-state index contributed by atoms with van der Waals surface area (Å²) in [4.78, 5) is 42.1. The molecule has 1 saturated heterocycles. The van der Waals surface area contributed by atoms with Gasteiger partial charge < -0.3 is 15.5 Å². The Balaban J connectivity index is 1.50. The summed E-state index contributed by atoms with van der Waals surface area (Å²) in [5, 5.41) is 6.59. The smallest absolute Gasteiger partial charge is 0.241 e. The largest absolute Gasteiger partial charge is 0.325 e. The number of hydrogen-bond acceptors (Lipinski definition) is 4. The van der Waals surface area contributed by atoms with E-state index in [0.717, 1.165) is 6.42 Å². The van der Waals surface area contributed by atoms with E-state index in [9.17, 15) is 14.4 Å². The van der Waals surface area contributed by atoms with E-state index in [1.165, 1.54) is 0 Å². The number of likely N-dealkylation sites (tertiary alicyclic amines) is 1. The Labute approximate surface area is 196 Å². The van der Waals surface area contributed by atoms with E-state index in [1.54, 1.807) is 29.2 Å². The lowest BCUT2D eigenvalue weighted by Crippen LogP contribution is -2.48. The number of rotatable bonds is 4. The number of para-hydroxylation sites is 2. The first kappa shape index (κ1) is 22.6. The van der Waals surface area contributed by atoms with Gasteiger partial charge in [-0.3, -0.25) is 19.3 Å². The lowest BCUT2D eigenvalue weighted by Gasteiger charge is -2.31. The summed E-state index contributed by atoms with van der Waals surface area (Å²) in [7, 11) is 0. The van der Waals surface area contributed by atoms with Gasteiger partial charge >= 0.3 is 0 Å². The van der Waals surface area contributed by atoms with E-state index >= 15 is 0 Å². The van der Waals surface area contributed by atoms with Crippen molar-refractivity contribution in [3.05, 3.63) is 52.5 Å². The number of anilines is 3. The second-order valence-corrected chi connectivity index (χ2v) is 9.03. The summed E-state index contributed by atoms with van der Waals surface area (Å²) in [6, 6.07) is 11.4. The number of hydrogen-bond donors (Lipinski definition) is 2. The maximum atomic E-state index is 13.4. The molecule has 4 rings (SSSR count). The minimum Gasteiger partial charge on any atom is -0.325 e. The molecule has 1 fully saturated rings. The highest BCUT2D eigenvalue weighted by molar-refractivity contribution is 6.35. The summed E-state index contributed by atoms with van der Waals surface area (Å²) in [6.07, 6.45) is 1.67. The van der Waals surface area contributed by atoms with E-state index in [-0.39, 0.29) is 36.7 Å². The van der Waals surface area contributed by atoms with Gasteiger partial charge in [-0.05, 0) is 56.6 Å². The number of halogens is 2. The maximum absolute atomic E-state index is 13.4. The molecule has 7 nitrogen and oxygen atoms in total. The quantitative estimate of drug-likeness (QED) is 0.696. The van der Waals surface area contributed by atoms with Crippen molar-refractivity contribution in [2.45, 2.75) is 38.3 Å². The molecule has 9 heteroatoms. The molecule has 0 aliphatic carbocycles. The van der Waals surface area contributed by atoms with Crippen LogP contribution >= 0.6 is 23.2 Å². The van der Waals surface area contributed by atoms with Crippen LogP contribution in [0.15, 0.2) is 42.5 Å². The molecule has 0 radical (unpaired) electrons. The first-order chi connectivity index (χ1) is 15.3. The highest BCUT2D eigenvalue weighted by atomic mass is 35.5. The third-order valence-electron chi connectivity index (χ3n) is 5.76. The van der Waals surface area contributed by atoms with Crippen molar-refractivity contribution < 1.29 is 14.4 Å². The van der Waals surface area contributed by atoms with E-state index < -0.39 is 6.04 Å². The topological polar surface area (TPSA) is 81.8 Å². The predicted octanol–water partition coefficient (Wildman–Crippen LogP) is 4.16. The summed E-state index contributed by atoms with van der Waals surface area (Å²) >= 11 is 12.1. The molecule has 2 N–H and O–H groups in total. The fourth-order valence-electron chi connectivity index (χ4n) is 4.38. The summed E-state index contributed by atoms with van der Waals surface area (Å²) in [5.74, 6) is -0.472. The van der Waals surface area contributed by atoms with Crippen molar-refractivity contribution in [3.63, 3.8) is 0 Å². The van der Waals surface area contributed by atoms with Gasteiger partial charge in [0.05, 0.1) is 24.0 Å². The normalized spacial score (nSPS) is 21.0. The maximum Gasteiger partial charge on any atom is 0.241 e. The highest BCUT2D eigenvalue weighted by Crippen LogP contribution is 2.32. The number of amides is 3. The van der Waals surface area contributed by atoms with Gasteiger partial charge in [0.2, 0.25) is 17.7 Å². The van der Waals surface area contributed by atoms with E-state index in [4.69, 9.17) is 23.2 Å². The van der Waals surface area contributed by atoms with Gasteiger partial charge in [-0.1, -0.05) is 35.3 Å². The molecule has 2 aliphatic heterocycles. The van der Waals surface area contributed by atoms with Gasteiger partial charge in [-0.15, -0.1) is 0 Å². The second kappa shape index (κ2) is 9.48. The molecule has 2 unspecified atom stereocenters. The lowest BCUT2D eigenvalue weighted by molar-refractivity contribution is -0.123. The van der Waals surface area contributed by atoms with Crippen LogP contribution in [0.5, 0.6) is 0 Å². The Morgan fingerprint density at radius 1 is 1.16 bits per heavy atom. The van der Waals surface area contributed by atoms with Crippen molar-refractivity contribution in [2.24, 2.45) is 0 Å². The van der Waals surface area contributed by atoms with E-state index in [0.29, 0.717) is 40.1 Å². The molecule has 2 aromatic rings. The minimum absolute atomic E-state index is 0.0846. The first-order valence-electron chi connectivity index (χ1n) is 10.5. The van der Waals surface area contributed by atoms with Gasteiger partial charge in [0.15, 0.2) is 0 Å². The molecule has 2 heterocycles. The number of nitrogens with zero attached hydrogens (tertiary/aromatic N) is 2. The fraction of sp³-hybridized carbons (Fsp3) is 0.348. The van der Waals surface area contributed by atoms with Crippen LogP contribution in [0, 0.1) is 0 Å². The molecule has 3 amide bonds. The Morgan fingerprint density at radius 2 is 1.88 bits per heavy atom. The average molecular weight is 475 g/mol. The zero-order valence-electron chi connectivity index (χ0n) is 17.6. The monoisotopic (exact) mass is 474 g/mol. The van der Waals surface area contributed by atoms with E-state index in [1.807, 2.05) is 30.0 Å². The Bertz CT molecular complexity index is 1040. The molecule has 0 bridgehead atoms. The van der Waals surface area contributed by atoms with Crippen LogP contribution in [-0.4, -0.2) is 47.8 Å². The van der Waals surface area contributed by atoms with Crippen molar-refractivity contribution in [2.75, 3.05) is 28.6 Å². The minimum atomic E-state index is -0.436. The second-order valence-electron chi connectivity index (χ2n) is 8.16. The molecule has 2 atom stereocenters. The summed E-state index contributed by atoms with van der Waals surface area (Å²) in [6.45, 7) is 2.58. The molecule has 0 aromatic heterocycles. The van der Waals surface area contributed by atoms with Gasteiger partial charge in [-0.25, -0.2) is 0 Å². The Kier molecular flexibility index (Phi) is 6.69. The van der Waals surface area contributed by atoms with Crippen molar-refractivity contribution >= 4 is 58.0 Å². The van der Waals surface area contributed by atoms with Crippen LogP contribution in [0.1, 0.15) is 26.2 Å². The third-order valence-corrected chi connectivity index (χ3v) is 6.20. The number of fused-ring (bicyclic) bond motifs is 1. The zero-order chi connectivity index (χ0) is 22.8. The summed E-state index contributed by atoms with van der Waals surface area (Å²) < 4.78 is 0. The lowest BCUT2D eigenvalue weighted by atomic mass is 10.1. The van der Waals surface area contributed by atoms with Crippen molar-refractivity contribution in [3.8, 4) is 0 Å². The van der Waals surface area contributed by atoms with Crippen molar-refractivity contribution in [1.29, 1.82) is 0 Å². The molecule has 0 saturated carbocycles. The predicted molar refractivity (Wildman–Crippen MR) is 126 cm³/mol. The molecular weight excluding hydrogens is 451 g/mol. The molecule has 32 heavy (non-hydrogen) atoms. The third kappa shape index (κ3) is 4.90.